The molecule has 3 unspecified atom stereocenters. The fourth-order valence-corrected chi connectivity index (χ4v) is 3.45. The van der Waals surface area contributed by atoms with Gasteiger partial charge in [0.15, 0.2) is 0 Å². The lowest BCUT2D eigenvalue weighted by Gasteiger charge is -2.28. The number of aromatic nitrogens is 2. The molecule has 6 heteroatoms. The molecule has 1 aromatic heterocycles. The highest BCUT2D eigenvalue weighted by Crippen LogP contribution is 2.42. The van der Waals surface area contributed by atoms with Gasteiger partial charge in [-0.2, -0.15) is 5.10 Å². The molecule has 2 aliphatic rings. The van der Waals surface area contributed by atoms with Gasteiger partial charge in [0.25, 0.3) is 0 Å². The monoisotopic (exact) mass is 305 g/mol. The molecule has 2 aliphatic heterocycles. The van der Waals surface area contributed by atoms with E-state index in [-0.39, 0.29) is 18.2 Å². The summed E-state index contributed by atoms with van der Waals surface area (Å²) in [7, 11) is 0. The Morgan fingerprint density at radius 1 is 1.41 bits per heavy atom. The molecular formula is C16H23N3O3. The van der Waals surface area contributed by atoms with E-state index in [1.807, 2.05) is 25.7 Å². The highest BCUT2D eigenvalue weighted by atomic mass is 16.6. The van der Waals surface area contributed by atoms with Crippen molar-refractivity contribution in [1.29, 1.82) is 0 Å². The quantitative estimate of drug-likeness (QED) is 0.859. The summed E-state index contributed by atoms with van der Waals surface area (Å²) in [4.78, 5) is 14.3. The number of carbonyl (C=O) groups excluding carboxylic acids is 1. The second-order valence-electron chi connectivity index (χ2n) is 7.05. The third kappa shape index (κ3) is 3.15. The molecule has 1 aromatic rings. The molecule has 120 valence electrons. The lowest BCUT2D eigenvalue weighted by atomic mass is 9.90. The van der Waals surface area contributed by atoms with Gasteiger partial charge in [0.2, 0.25) is 5.88 Å². The molecular weight excluding hydrogens is 282 g/mol. The predicted octanol–water partition coefficient (Wildman–Crippen LogP) is 2.64. The van der Waals surface area contributed by atoms with E-state index >= 15 is 0 Å². The lowest BCUT2D eigenvalue weighted by Crippen LogP contribution is -2.41. The van der Waals surface area contributed by atoms with Crippen molar-refractivity contribution in [3.8, 4) is 5.88 Å². The molecule has 3 atom stereocenters. The van der Waals surface area contributed by atoms with E-state index in [4.69, 9.17) is 9.47 Å². The molecule has 2 fully saturated rings. The van der Waals surface area contributed by atoms with E-state index in [9.17, 15) is 4.79 Å². The first kappa shape index (κ1) is 15.1. The zero-order valence-corrected chi connectivity index (χ0v) is 13.4. The van der Waals surface area contributed by atoms with Crippen LogP contribution in [0.5, 0.6) is 5.88 Å². The van der Waals surface area contributed by atoms with E-state index in [2.05, 4.69) is 10.2 Å². The van der Waals surface area contributed by atoms with Crippen LogP contribution in [0.4, 0.5) is 4.79 Å². The molecule has 0 aliphatic carbocycles. The highest BCUT2D eigenvalue weighted by Gasteiger charge is 2.50. The van der Waals surface area contributed by atoms with Gasteiger partial charge < -0.3 is 14.4 Å². The van der Waals surface area contributed by atoms with Crippen molar-refractivity contribution in [3.63, 3.8) is 0 Å². The van der Waals surface area contributed by atoms with Crippen molar-refractivity contribution >= 4 is 6.09 Å². The average Bonchev–Trinajstić information content (AvgIpc) is 3.02. The Hall–Kier alpha value is -1.85. The number of fused-ring (bicyclic) bond motifs is 2. The van der Waals surface area contributed by atoms with Gasteiger partial charge in [-0.05, 0) is 46.1 Å². The first-order valence-corrected chi connectivity index (χ1v) is 7.86. The average molecular weight is 305 g/mol. The molecule has 0 radical (unpaired) electrons. The Morgan fingerprint density at radius 2 is 2.23 bits per heavy atom. The van der Waals surface area contributed by atoms with Crippen LogP contribution < -0.4 is 4.74 Å². The largest absolute Gasteiger partial charge is 0.476 e. The first-order valence-electron chi connectivity index (χ1n) is 7.86. The Balaban J connectivity index is 1.59. The lowest BCUT2D eigenvalue weighted by molar-refractivity contribution is 0.0198. The molecule has 0 N–H and O–H groups in total. The number of hydrogen-bond acceptors (Lipinski definition) is 5. The van der Waals surface area contributed by atoms with Crippen LogP contribution in [-0.4, -0.2) is 45.5 Å². The van der Waals surface area contributed by atoms with Crippen molar-refractivity contribution < 1.29 is 14.3 Å². The number of ether oxygens (including phenoxy) is 2. The van der Waals surface area contributed by atoms with Gasteiger partial charge in [-0.1, -0.05) is 0 Å². The van der Waals surface area contributed by atoms with E-state index in [1.165, 1.54) is 0 Å². The third-order valence-electron chi connectivity index (χ3n) is 4.26. The number of hydrogen-bond donors (Lipinski definition) is 0. The molecule has 0 saturated carbocycles. The zero-order valence-electron chi connectivity index (χ0n) is 13.4. The van der Waals surface area contributed by atoms with Crippen LogP contribution in [0.2, 0.25) is 0 Å². The molecule has 2 saturated heterocycles. The second kappa shape index (κ2) is 5.74. The van der Waals surface area contributed by atoms with Gasteiger partial charge in [0, 0.05) is 30.3 Å². The first-order chi connectivity index (χ1) is 10.4. The molecule has 0 aromatic carbocycles. The SMILES string of the molecule is CC(C)(C)OC(=O)N1C2CCC1C(COc1cccnn1)C2. The molecule has 2 bridgehead atoms. The predicted molar refractivity (Wildman–Crippen MR) is 80.5 cm³/mol. The van der Waals surface area contributed by atoms with Gasteiger partial charge in [-0.15, -0.1) is 5.10 Å². The van der Waals surface area contributed by atoms with Crippen molar-refractivity contribution in [2.75, 3.05) is 6.61 Å². The molecule has 3 rings (SSSR count). The van der Waals surface area contributed by atoms with Gasteiger partial charge in [-0.25, -0.2) is 4.79 Å². The van der Waals surface area contributed by atoms with Gasteiger partial charge >= 0.3 is 6.09 Å². The smallest absolute Gasteiger partial charge is 0.410 e. The van der Waals surface area contributed by atoms with Crippen LogP contribution in [0.1, 0.15) is 40.0 Å². The van der Waals surface area contributed by atoms with E-state index in [0.717, 1.165) is 19.3 Å². The van der Waals surface area contributed by atoms with Crippen LogP contribution in [0, 0.1) is 5.92 Å². The topological polar surface area (TPSA) is 64.5 Å². The second-order valence-corrected chi connectivity index (χ2v) is 7.05. The summed E-state index contributed by atoms with van der Waals surface area (Å²) in [6, 6.07) is 4.11. The minimum Gasteiger partial charge on any atom is -0.476 e. The van der Waals surface area contributed by atoms with Crippen LogP contribution in [-0.2, 0) is 4.74 Å². The molecule has 3 heterocycles. The minimum atomic E-state index is -0.454. The zero-order chi connectivity index (χ0) is 15.7. The number of rotatable bonds is 3. The molecule has 1 amide bonds. The summed E-state index contributed by atoms with van der Waals surface area (Å²) >= 11 is 0. The maximum atomic E-state index is 12.4. The van der Waals surface area contributed by atoms with Crippen molar-refractivity contribution in [3.05, 3.63) is 18.3 Å². The number of nitrogens with zero attached hydrogens (tertiary/aromatic N) is 3. The molecule has 6 nitrogen and oxygen atoms in total. The van der Waals surface area contributed by atoms with E-state index in [1.54, 1.807) is 18.3 Å². The summed E-state index contributed by atoms with van der Waals surface area (Å²) in [6.45, 7) is 6.27. The van der Waals surface area contributed by atoms with Gasteiger partial charge in [-0.3, -0.25) is 0 Å². The third-order valence-corrected chi connectivity index (χ3v) is 4.26. The van der Waals surface area contributed by atoms with Crippen molar-refractivity contribution in [1.82, 2.24) is 15.1 Å². The highest BCUT2D eigenvalue weighted by molar-refractivity contribution is 5.70. The van der Waals surface area contributed by atoms with E-state index in [0.29, 0.717) is 18.4 Å². The number of carbonyl (C=O) groups is 1. The van der Waals surface area contributed by atoms with Gasteiger partial charge in [0.05, 0.1) is 6.61 Å². The summed E-state index contributed by atoms with van der Waals surface area (Å²) in [5, 5.41) is 7.73. The molecule has 22 heavy (non-hydrogen) atoms. The van der Waals surface area contributed by atoms with Gasteiger partial charge in [0.1, 0.15) is 5.60 Å². The Labute approximate surface area is 130 Å². The fraction of sp³-hybridized carbons (Fsp3) is 0.688. The Kier molecular flexibility index (Phi) is 3.93. The van der Waals surface area contributed by atoms with Crippen molar-refractivity contribution in [2.45, 2.75) is 57.7 Å². The summed E-state index contributed by atoms with van der Waals surface area (Å²) < 4.78 is 11.3. The normalized spacial score (nSPS) is 27.0. The maximum absolute atomic E-state index is 12.4. The summed E-state index contributed by atoms with van der Waals surface area (Å²) in [5.41, 5.74) is -0.454. The number of amides is 1. The van der Waals surface area contributed by atoms with Crippen LogP contribution in [0.3, 0.4) is 0 Å². The van der Waals surface area contributed by atoms with Crippen LogP contribution >= 0.6 is 0 Å². The van der Waals surface area contributed by atoms with Crippen LogP contribution in [0.25, 0.3) is 0 Å². The standard InChI is InChI=1S/C16H23N3O3/c1-16(2,3)22-15(20)19-12-6-7-13(19)11(9-12)10-21-14-5-4-8-17-18-14/h4-5,8,11-13H,6-7,9-10H2,1-3H3. The van der Waals surface area contributed by atoms with Crippen LogP contribution in [0.15, 0.2) is 18.3 Å². The summed E-state index contributed by atoms with van der Waals surface area (Å²) in [5.74, 6) is 0.877. The summed E-state index contributed by atoms with van der Waals surface area (Å²) in [6.07, 6.45) is 4.49. The van der Waals surface area contributed by atoms with Crippen molar-refractivity contribution in [2.24, 2.45) is 5.92 Å². The fourth-order valence-electron chi connectivity index (χ4n) is 3.45. The maximum Gasteiger partial charge on any atom is 0.410 e. The Bertz CT molecular complexity index is 529. The Morgan fingerprint density at radius 3 is 2.91 bits per heavy atom. The van der Waals surface area contributed by atoms with E-state index < -0.39 is 5.60 Å². The molecule has 0 spiro atoms. The minimum absolute atomic E-state index is 0.193.